The Bertz CT molecular complexity index is 625. The summed E-state index contributed by atoms with van der Waals surface area (Å²) in [5.41, 5.74) is 4.58. The van der Waals surface area contributed by atoms with Crippen LogP contribution in [0.4, 0.5) is 0 Å². The van der Waals surface area contributed by atoms with Gasteiger partial charge in [-0.3, -0.25) is 4.79 Å². The zero-order valence-corrected chi connectivity index (χ0v) is 11.6. The van der Waals surface area contributed by atoms with Crippen molar-refractivity contribution >= 4 is 11.5 Å². The lowest BCUT2D eigenvalue weighted by Gasteiger charge is -2.05. The van der Waals surface area contributed by atoms with Crippen LogP contribution in [0.25, 0.3) is 0 Å². The molecular weight excluding hydrogens is 250 g/mol. The lowest BCUT2D eigenvalue weighted by Crippen LogP contribution is -1.96. The molecule has 0 radical (unpaired) electrons. The fourth-order valence-electron chi connectivity index (χ4n) is 2.01. The lowest BCUT2D eigenvalue weighted by atomic mass is 10.0. The average molecular weight is 267 g/mol. The van der Waals surface area contributed by atoms with Gasteiger partial charge in [-0.1, -0.05) is 53.7 Å². The molecule has 0 heterocycles. The third-order valence-corrected chi connectivity index (χ3v) is 3.29. The zero-order chi connectivity index (χ0) is 14.5. The Morgan fingerprint density at radius 3 is 1.75 bits per heavy atom. The third-order valence-electron chi connectivity index (χ3n) is 3.29. The van der Waals surface area contributed by atoms with Crippen LogP contribution in [0.3, 0.4) is 0 Å². The minimum atomic E-state index is 0.0830. The molecule has 2 aromatic carbocycles. The van der Waals surface area contributed by atoms with Crippen molar-refractivity contribution in [2.75, 3.05) is 0 Å². The van der Waals surface area contributed by atoms with Gasteiger partial charge in [0.2, 0.25) is 0 Å². The van der Waals surface area contributed by atoms with Gasteiger partial charge in [-0.05, 0) is 37.0 Å². The normalized spacial score (nSPS) is 11.4. The zero-order valence-electron chi connectivity index (χ0n) is 11.6. The molecule has 0 bridgehead atoms. The molecule has 102 valence electrons. The summed E-state index contributed by atoms with van der Waals surface area (Å²) >= 11 is 0. The molecule has 0 aliphatic carbocycles. The molecule has 20 heavy (non-hydrogen) atoms. The number of ketones is 1. The monoisotopic (exact) mass is 267 g/mol. The highest BCUT2D eigenvalue weighted by atomic mass is 16.4. The second-order valence-electron chi connectivity index (χ2n) is 4.81. The summed E-state index contributed by atoms with van der Waals surface area (Å²) in [6.07, 6.45) is 0.813. The van der Waals surface area contributed by atoms with E-state index < -0.39 is 0 Å². The minimum absolute atomic E-state index is 0.0830. The lowest BCUT2D eigenvalue weighted by molar-refractivity contribution is 0.101. The van der Waals surface area contributed by atoms with Crippen LogP contribution in [0.2, 0.25) is 0 Å². The van der Waals surface area contributed by atoms with Crippen LogP contribution < -0.4 is 0 Å². The average Bonchev–Trinajstić information content (AvgIpc) is 2.48. The Kier molecular flexibility index (Phi) is 4.31. The Morgan fingerprint density at radius 2 is 1.35 bits per heavy atom. The molecule has 0 saturated heterocycles. The Balaban J connectivity index is 2.12. The standard InChI is InChI=1S/C17H17NO2/c1-12(18-20)16-7-3-14(4-8-16)11-15-5-9-17(10-6-15)13(2)19/h3-10,20H,11H2,1-2H3/b18-12-. The number of rotatable bonds is 4. The fourth-order valence-corrected chi connectivity index (χ4v) is 2.01. The first-order valence-electron chi connectivity index (χ1n) is 6.48. The molecule has 0 fully saturated rings. The van der Waals surface area contributed by atoms with Gasteiger partial charge in [0.05, 0.1) is 5.71 Å². The number of hydrogen-bond acceptors (Lipinski definition) is 3. The molecule has 2 aromatic rings. The second kappa shape index (κ2) is 6.15. The molecule has 3 nitrogen and oxygen atoms in total. The number of hydrogen-bond donors (Lipinski definition) is 1. The minimum Gasteiger partial charge on any atom is -0.411 e. The second-order valence-corrected chi connectivity index (χ2v) is 4.81. The quantitative estimate of drug-likeness (QED) is 0.397. The molecule has 0 unspecified atom stereocenters. The smallest absolute Gasteiger partial charge is 0.159 e. The third kappa shape index (κ3) is 3.32. The van der Waals surface area contributed by atoms with Crippen molar-refractivity contribution in [2.45, 2.75) is 20.3 Å². The molecule has 1 N–H and O–H groups in total. The summed E-state index contributed by atoms with van der Waals surface area (Å²) in [6, 6.07) is 15.6. The molecular formula is C17H17NO2. The topological polar surface area (TPSA) is 49.7 Å². The van der Waals surface area contributed by atoms with Crippen molar-refractivity contribution in [3.05, 3.63) is 70.8 Å². The maximum atomic E-state index is 11.2. The van der Waals surface area contributed by atoms with Crippen molar-refractivity contribution in [1.82, 2.24) is 0 Å². The summed E-state index contributed by atoms with van der Waals surface area (Å²) in [4.78, 5) is 11.2. The van der Waals surface area contributed by atoms with Gasteiger partial charge in [-0.15, -0.1) is 0 Å². The maximum absolute atomic E-state index is 11.2. The number of oxime groups is 1. The summed E-state index contributed by atoms with van der Waals surface area (Å²) in [7, 11) is 0. The number of carbonyl (C=O) groups excluding carboxylic acids is 1. The first-order valence-corrected chi connectivity index (χ1v) is 6.48. The van der Waals surface area contributed by atoms with Crippen LogP contribution in [0, 0.1) is 0 Å². The fraction of sp³-hybridized carbons (Fsp3) is 0.176. The molecule has 0 amide bonds. The SMILES string of the molecule is CC(=O)c1ccc(Cc2ccc(/C(C)=N\O)cc2)cc1. The predicted octanol–water partition coefficient (Wildman–Crippen LogP) is 3.68. The van der Waals surface area contributed by atoms with Gasteiger partial charge >= 0.3 is 0 Å². The van der Waals surface area contributed by atoms with Gasteiger partial charge in [0.15, 0.2) is 5.78 Å². The van der Waals surface area contributed by atoms with E-state index in [1.54, 1.807) is 13.8 Å². The van der Waals surface area contributed by atoms with E-state index in [0.717, 1.165) is 23.1 Å². The first-order chi connectivity index (χ1) is 9.60. The Morgan fingerprint density at radius 1 is 0.900 bits per heavy atom. The van der Waals surface area contributed by atoms with Crippen molar-refractivity contribution in [3.63, 3.8) is 0 Å². The van der Waals surface area contributed by atoms with E-state index in [-0.39, 0.29) is 5.78 Å². The van der Waals surface area contributed by atoms with Crippen molar-refractivity contribution < 1.29 is 10.0 Å². The van der Waals surface area contributed by atoms with E-state index in [4.69, 9.17) is 5.21 Å². The van der Waals surface area contributed by atoms with Crippen LogP contribution >= 0.6 is 0 Å². The Labute approximate surface area is 118 Å². The number of benzene rings is 2. The predicted molar refractivity (Wildman–Crippen MR) is 79.7 cm³/mol. The molecule has 0 spiro atoms. The molecule has 0 atom stereocenters. The highest BCUT2D eigenvalue weighted by Gasteiger charge is 2.02. The van der Waals surface area contributed by atoms with Crippen LogP contribution in [0.5, 0.6) is 0 Å². The molecule has 0 aliphatic rings. The van der Waals surface area contributed by atoms with E-state index in [1.165, 1.54) is 5.56 Å². The summed E-state index contributed by atoms with van der Waals surface area (Å²) in [5.74, 6) is 0.0830. The number of nitrogens with zero attached hydrogens (tertiary/aromatic N) is 1. The van der Waals surface area contributed by atoms with Crippen LogP contribution in [0.15, 0.2) is 53.7 Å². The highest BCUT2D eigenvalue weighted by molar-refractivity contribution is 5.98. The summed E-state index contributed by atoms with van der Waals surface area (Å²) in [6.45, 7) is 3.33. The summed E-state index contributed by atoms with van der Waals surface area (Å²) in [5, 5.41) is 11.9. The van der Waals surface area contributed by atoms with E-state index >= 15 is 0 Å². The van der Waals surface area contributed by atoms with E-state index in [9.17, 15) is 4.79 Å². The molecule has 0 aromatic heterocycles. The Hall–Kier alpha value is -2.42. The van der Waals surface area contributed by atoms with Crippen LogP contribution in [-0.2, 0) is 6.42 Å². The largest absolute Gasteiger partial charge is 0.411 e. The van der Waals surface area contributed by atoms with Crippen molar-refractivity contribution in [2.24, 2.45) is 5.16 Å². The first kappa shape index (κ1) is 14.0. The van der Waals surface area contributed by atoms with Gasteiger partial charge in [0.25, 0.3) is 0 Å². The highest BCUT2D eigenvalue weighted by Crippen LogP contribution is 2.13. The van der Waals surface area contributed by atoms with Gasteiger partial charge in [0, 0.05) is 5.56 Å². The molecule has 0 aliphatic heterocycles. The van der Waals surface area contributed by atoms with Gasteiger partial charge in [0.1, 0.15) is 0 Å². The van der Waals surface area contributed by atoms with Gasteiger partial charge in [-0.25, -0.2) is 0 Å². The molecule has 3 heteroatoms. The maximum Gasteiger partial charge on any atom is 0.159 e. The van der Waals surface area contributed by atoms with Gasteiger partial charge < -0.3 is 5.21 Å². The van der Waals surface area contributed by atoms with Crippen molar-refractivity contribution in [1.29, 1.82) is 0 Å². The van der Waals surface area contributed by atoms with Crippen LogP contribution in [-0.4, -0.2) is 16.7 Å². The van der Waals surface area contributed by atoms with E-state index in [1.807, 2.05) is 48.5 Å². The molecule has 2 rings (SSSR count). The number of carbonyl (C=O) groups is 1. The van der Waals surface area contributed by atoms with E-state index in [2.05, 4.69) is 5.16 Å². The van der Waals surface area contributed by atoms with Crippen LogP contribution in [0.1, 0.15) is 40.9 Å². The van der Waals surface area contributed by atoms with Gasteiger partial charge in [-0.2, -0.15) is 0 Å². The van der Waals surface area contributed by atoms with Crippen molar-refractivity contribution in [3.8, 4) is 0 Å². The summed E-state index contributed by atoms with van der Waals surface area (Å²) < 4.78 is 0. The molecule has 0 saturated carbocycles. The van der Waals surface area contributed by atoms with E-state index in [0.29, 0.717) is 5.71 Å². The number of Topliss-reactive ketones (excluding diaryl/α,β-unsaturated/α-hetero) is 1.